The summed E-state index contributed by atoms with van der Waals surface area (Å²) in [5, 5.41) is 0.554. The number of fused-ring (bicyclic) bond motifs is 3. The average molecular weight is 481 g/mol. The Labute approximate surface area is 204 Å². The minimum atomic E-state index is -0.0665. The molecule has 1 aromatic heterocycles. The van der Waals surface area contributed by atoms with Crippen molar-refractivity contribution in [2.24, 2.45) is 0 Å². The molecular weight excluding hydrogens is 448 g/mol. The van der Waals surface area contributed by atoms with Crippen LogP contribution < -0.4 is 19.6 Å². The highest BCUT2D eigenvalue weighted by Gasteiger charge is 2.24. The molecule has 2 aromatic carbocycles. The predicted molar refractivity (Wildman–Crippen MR) is 134 cm³/mol. The molecule has 3 aromatic rings. The van der Waals surface area contributed by atoms with E-state index < -0.39 is 0 Å². The molecule has 1 saturated heterocycles. The van der Waals surface area contributed by atoms with Crippen LogP contribution in [0.15, 0.2) is 39.5 Å². The van der Waals surface area contributed by atoms with Gasteiger partial charge in [-0.15, -0.1) is 0 Å². The molecular formula is C27H32N2O6. The molecule has 2 aliphatic rings. The number of benzene rings is 2. The maximum atomic E-state index is 13.6. The van der Waals surface area contributed by atoms with Crippen LogP contribution in [0.3, 0.4) is 0 Å². The standard InChI is InChI=1S/C27H32N2O6/c1-18-25(19-5-7-23(31-2)24(15-19)32-3)26(30)20-6-8-22-21(27(20)35-18)16-29(17-34-22)10-4-9-28-11-13-33-14-12-28/h5-8,15H,4,9-14,16-17H2,1-3H3. The van der Waals surface area contributed by atoms with Crippen LogP contribution in [0.1, 0.15) is 17.7 Å². The topological polar surface area (TPSA) is 73.6 Å². The highest BCUT2D eigenvalue weighted by molar-refractivity contribution is 5.87. The molecule has 8 heteroatoms. The Hall–Kier alpha value is -3.07. The summed E-state index contributed by atoms with van der Waals surface area (Å²) < 4.78 is 28.5. The molecule has 0 unspecified atom stereocenters. The fourth-order valence-electron chi connectivity index (χ4n) is 4.93. The molecule has 5 rings (SSSR count). The molecule has 8 nitrogen and oxygen atoms in total. The van der Waals surface area contributed by atoms with Gasteiger partial charge in [0, 0.05) is 26.2 Å². The van der Waals surface area contributed by atoms with Crippen molar-refractivity contribution >= 4 is 11.0 Å². The van der Waals surface area contributed by atoms with Crippen molar-refractivity contribution in [2.75, 3.05) is 60.3 Å². The van der Waals surface area contributed by atoms with Crippen LogP contribution in [0.25, 0.3) is 22.1 Å². The summed E-state index contributed by atoms with van der Waals surface area (Å²) in [6, 6.07) is 9.14. The summed E-state index contributed by atoms with van der Waals surface area (Å²) in [7, 11) is 3.17. The van der Waals surface area contributed by atoms with Crippen LogP contribution in [0, 0.1) is 6.92 Å². The van der Waals surface area contributed by atoms with Gasteiger partial charge in [0.25, 0.3) is 0 Å². The quantitative estimate of drug-likeness (QED) is 0.507. The Morgan fingerprint density at radius 3 is 2.51 bits per heavy atom. The SMILES string of the molecule is COc1ccc(-c2c(C)oc3c4c(ccc3c2=O)OCN(CCCN2CCOCC2)C4)cc1OC. The highest BCUT2D eigenvalue weighted by Crippen LogP contribution is 2.36. The zero-order valence-electron chi connectivity index (χ0n) is 20.6. The van der Waals surface area contributed by atoms with Gasteiger partial charge in [-0.2, -0.15) is 0 Å². The molecule has 0 saturated carbocycles. The fourth-order valence-corrected chi connectivity index (χ4v) is 4.93. The number of aryl methyl sites for hydroxylation is 1. The Kier molecular flexibility index (Phi) is 6.95. The summed E-state index contributed by atoms with van der Waals surface area (Å²) in [6.07, 6.45) is 1.05. The smallest absolute Gasteiger partial charge is 0.200 e. The number of ether oxygens (including phenoxy) is 4. The Balaban J connectivity index is 1.42. The van der Waals surface area contributed by atoms with Crippen LogP contribution in [0.4, 0.5) is 0 Å². The van der Waals surface area contributed by atoms with Crippen LogP contribution in [-0.4, -0.2) is 70.1 Å². The van der Waals surface area contributed by atoms with Crippen molar-refractivity contribution in [3.63, 3.8) is 0 Å². The van der Waals surface area contributed by atoms with E-state index in [-0.39, 0.29) is 5.43 Å². The lowest BCUT2D eigenvalue weighted by molar-refractivity contribution is 0.0330. The van der Waals surface area contributed by atoms with Crippen molar-refractivity contribution in [3.8, 4) is 28.4 Å². The van der Waals surface area contributed by atoms with E-state index >= 15 is 0 Å². The van der Waals surface area contributed by atoms with E-state index in [0.29, 0.717) is 47.1 Å². The number of methoxy groups -OCH3 is 2. The normalized spacial score (nSPS) is 16.7. The fraction of sp³-hybridized carbons (Fsp3) is 0.444. The van der Waals surface area contributed by atoms with Gasteiger partial charge in [0.05, 0.1) is 43.9 Å². The number of hydrogen-bond acceptors (Lipinski definition) is 8. The third-order valence-corrected chi connectivity index (χ3v) is 6.81. The molecule has 0 amide bonds. The van der Waals surface area contributed by atoms with Gasteiger partial charge < -0.3 is 23.4 Å². The molecule has 0 spiro atoms. The van der Waals surface area contributed by atoms with Gasteiger partial charge in [-0.25, -0.2) is 0 Å². The van der Waals surface area contributed by atoms with E-state index in [0.717, 1.165) is 62.7 Å². The first-order valence-corrected chi connectivity index (χ1v) is 12.1. The van der Waals surface area contributed by atoms with Crippen LogP contribution in [0.2, 0.25) is 0 Å². The Morgan fingerprint density at radius 2 is 1.74 bits per heavy atom. The molecule has 3 heterocycles. The van der Waals surface area contributed by atoms with Gasteiger partial charge >= 0.3 is 0 Å². The number of nitrogens with zero attached hydrogens (tertiary/aromatic N) is 2. The van der Waals surface area contributed by atoms with Crippen LogP contribution >= 0.6 is 0 Å². The first kappa shape index (κ1) is 23.7. The lowest BCUT2D eigenvalue weighted by Gasteiger charge is -2.31. The lowest BCUT2D eigenvalue weighted by atomic mass is 10.00. The second kappa shape index (κ2) is 10.3. The zero-order valence-corrected chi connectivity index (χ0v) is 20.6. The van der Waals surface area contributed by atoms with Crippen molar-refractivity contribution < 1.29 is 23.4 Å². The van der Waals surface area contributed by atoms with Crippen molar-refractivity contribution in [3.05, 3.63) is 51.9 Å². The third-order valence-electron chi connectivity index (χ3n) is 6.81. The zero-order chi connectivity index (χ0) is 24.4. The Bertz CT molecular complexity index is 1260. The molecule has 0 bridgehead atoms. The minimum Gasteiger partial charge on any atom is -0.493 e. The largest absolute Gasteiger partial charge is 0.493 e. The lowest BCUT2D eigenvalue weighted by Crippen LogP contribution is -2.39. The Morgan fingerprint density at radius 1 is 0.971 bits per heavy atom. The molecule has 0 radical (unpaired) electrons. The maximum absolute atomic E-state index is 13.6. The predicted octanol–water partition coefficient (Wildman–Crippen LogP) is 3.66. The monoisotopic (exact) mass is 480 g/mol. The van der Waals surface area contributed by atoms with Crippen LogP contribution in [-0.2, 0) is 11.3 Å². The molecule has 0 atom stereocenters. The molecule has 0 N–H and O–H groups in total. The van der Waals surface area contributed by atoms with E-state index in [1.54, 1.807) is 26.4 Å². The van der Waals surface area contributed by atoms with Gasteiger partial charge in [-0.05, 0) is 49.7 Å². The minimum absolute atomic E-state index is 0.0665. The highest BCUT2D eigenvalue weighted by atomic mass is 16.5. The van der Waals surface area contributed by atoms with Crippen molar-refractivity contribution in [1.29, 1.82) is 0 Å². The second-order valence-corrected chi connectivity index (χ2v) is 8.98. The van der Waals surface area contributed by atoms with Gasteiger partial charge in [-0.1, -0.05) is 6.07 Å². The van der Waals surface area contributed by atoms with E-state index in [4.69, 9.17) is 23.4 Å². The second-order valence-electron chi connectivity index (χ2n) is 8.98. The summed E-state index contributed by atoms with van der Waals surface area (Å²) in [6.45, 7) is 8.64. The third kappa shape index (κ3) is 4.74. The van der Waals surface area contributed by atoms with Crippen molar-refractivity contribution in [2.45, 2.75) is 19.9 Å². The maximum Gasteiger partial charge on any atom is 0.200 e. The van der Waals surface area contributed by atoms with Gasteiger partial charge in [-0.3, -0.25) is 14.6 Å². The van der Waals surface area contributed by atoms with E-state index in [9.17, 15) is 4.79 Å². The number of morpholine rings is 1. The summed E-state index contributed by atoms with van der Waals surface area (Å²) in [5.41, 5.74) is 2.72. The first-order valence-electron chi connectivity index (χ1n) is 12.1. The molecule has 35 heavy (non-hydrogen) atoms. The van der Waals surface area contributed by atoms with E-state index in [2.05, 4.69) is 9.80 Å². The van der Waals surface area contributed by atoms with Crippen LogP contribution in [0.5, 0.6) is 17.2 Å². The van der Waals surface area contributed by atoms with Crippen molar-refractivity contribution in [1.82, 2.24) is 9.80 Å². The number of rotatable bonds is 7. The molecule has 2 aliphatic heterocycles. The van der Waals surface area contributed by atoms with Gasteiger partial charge in [0.1, 0.15) is 23.8 Å². The van der Waals surface area contributed by atoms with E-state index in [1.165, 1.54) is 0 Å². The van der Waals surface area contributed by atoms with Gasteiger partial charge in [0.15, 0.2) is 11.5 Å². The first-order chi connectivity index (χ1) is 17.1. The summed E-state index contributed by atoms with van der Waals surface area (Å²) in [5.74, 6) is 2.52. The molecule has 1 fully saturated rings. The molecule has 186 valence electrons. The molecule has 0 aliphatic carbocycles. The number of hydrogen-bond donors (Lipinski definition) is 0. The van der Waals surface area contributed by atoms with Gasteiger partial charge in [0.2, 0.25) is 5.43 Å². The average Bonchev–Trinajstić information content (AvgIpc) is 2.89. The van der Waals surface area contributed by atoms with E-state index in [1.807, 2.05) is 25.1 Å². The summed E-state index contributed by atoms with van der Waals surface area (Å²) in [4.78, 5) is 18.3. The summed E-state index contributed by atoms with van der Waals surface area (Å²) >= 11 is 0.